The van der Waals surface area contributed by atoms with Crippen molar-refractivity contribution in [2.45, 2.75) is 115 Å². The molecule has 4 fully saturated rings. The first kappa shape index (κ1) is 29.1. The Morgan fingerprint density at radius 1 is 1.05 bits per heavy atom. The minimum atomic E-state index is -1.71. The van der Waals surface area contributed by atoms with Crippen molar-refractivity contribution in [1.82, 2.24) is 10.6 Å². The highest BCUT2D eigenvalue weighted by Crippen LogP contribution is 2.67. The van der Waals surface area contributed by atoms with E-state index in [0.29, 0.717) is 25.8 Å². The van der Waals surface area contributed by atoms with Gasteiger partial charge in [-0.15, -0.1) is 0 Å². The van der Waals surface area contributed by atoms with Crippen LogP contribution in [0.3, 0.4) is 0 Å². The fraction of sp³-hybridized carbons (Fsp3) is 0.774. The van der Waals surface area contributed by atoms with E-state index < -0.39 is 47.1 Å². The Labute approximate surface area is 235 Å². The van der Waals surface area contributed by atoms with E-state index in [-0.39, 0.29) is 60.5 Å². The number of nitrogens with one attached hydrogen (secondary N) is 2. The Balaban J connectivity index is 1.22. The Morgan fingerprint density at radius 3 is 2.60 bits per heavy atom. The van der Waals surface area contributed by atoms with Crippen LogP contribution in [0.4, 0.5) is 0 Å². The van der Waals surface area contributed by atoms with Crippen LogP contribution in [0.25, 0.3) is 0 Å². The minimum Gasteiger partial charge on any atom is -0.393 e. The van der Waals surface area contributed by atoms with Gasteiger partial charge < -0.3 is 20.8 Å². The van der Waals surface area contributed by atoms with Crippen LogP contribution >= 0.6 is 0 Å². The number of hydrogen-bond donors (Lipinski definition) is 4. The van der Waals surface area contributed by atoms with Gasteiger partial charge in [0.1, 0.15) is 17.4 Å². The fourth-order valence-electron chi connectivity index (χ4n) is 9.16. The van der Waals surface area contributed by atoms with Gasteiger partial charge in [-0.05, 0) is 87.0 Å². The van der Waals surface area contributed by atoms with Crippen LogP contribution in [-0.2, 0) is 24.0 Å². The summed E-state index contributed by atoms with van der Waals surface area (Å²) < 4.78 is 0. The second-order valence-electron chi connectivity index (χ2n) is 13.5. The average molecular weight is 557 g/mol. The van der Waals surface area contributed by atoms with Crippen LogP contribution in [0.5, 0.6) is 0 Å². The number of Topliss-reactive ketones (excluding diaryl/α,β-unsaturated/α-hetero) is 2. The molecule has 1 saturated heterocycles. The SMILES string of the molecule is C[C@]12CCC(=O)C=C1CCC1C2C(O)C[C@@]2(C)C1CC[C@]2(O)C(=O)CC(=O)CCC(=O)NC1CCCCNC1=O. The quantitative estimate of drug-likeness (QED) is 0.352. The van der Waals surface area contributed by atoms with Gasteiger partial charge in [0.2, 0.25) is 11.8 Å². The van der Waals surface area contributed by atoms with Crippen molar-refractivity contribution in [2.75, 3.05) is 6.54 Å². The number of rotatable bonds is 7. The molecule has 8 atom stereocenters. The van der Waals surface area contributed by atoms with E-state index in [1.165, 1.54) is 0 Å². The van der Waals surface area contributed by atoms with Crippen LogP contribution in [0.15, 0.2) is 11.6 Å². The Bertz CT molecular complexity index is 1130. The van der Waals surface area contributed by atoms with E-state index >= 15 is 0 Å². The molecule has 5 aliphatic rings. The molecule has 9 nitrogen and oxygen atoms in total. The van der Waals surface area contributed by atoms with E-state index in [0.717, 1.165) is 37.7 Å². The number of aliphatic hydroxyl groups excluding tert-OH is 1. The zero-order valence-electron chi connectivity index (χ0n) is 23.8. The lowest BCUT2D eigenvalue weighted by molar-refractivity contribution is -0.180. The van der Waals surface area contributed by atoms with Gasteiger partial charge in [0.25, 0.3) is 0 Å². The summed E-state index contributed by atoms with van der Waals surface area (Å²) in [7, 11) is 0. The number of amides is 2. The van der Waals surface area contributed by atoms with Crippen LogP contribution < -0.4 is 10.6 Å². The zero-order chi connectivity index (χ0) is 28.9. The first-order valence-electron chi connectivity index (χ1n) is 15.2. The topological polar surface area (TPSA) is 150 Å². The molecule has 4 N–H and O–H groups in total. The standard InChI is InChI=1S/C31H44N2O7/c1-29-12-10-20(35)15-18(29)6-8-21-22-11-13-31(40,30(22,2)17-24(36)27(21)29)25(37)16-19(34)7-9-26(38)33-23-5-3-4-14-32-28(23)39/h15,21-24,27,36,40H,3-14,16-17H2,1-2H3,(H,32,39)(H,33,38)/t21?,22?,23?,24?,27?,29-,30-,31-/m0/s1. The number of fused-ring (bicyclic) bond motifs is 5. The first-order valence-corrected chi connectivity index (χ1v) is 15.2. The van der Waals surface area contributed by atoms with E-state index in [9.17, 15) is 34.2 Å². The lowest BCUT2D eigenvalue weighted by atomic mass is 9.45. The number of carbonyl (C=O) groups excluding carboxylic acids is 5. The van der Waals surface area contributed by atoms with E-state index in [1.54, 1.807) is 6.08 Å². The molecule has 0 aromatic heterocycles. The van der Waals surface area contributed by atoms with E-state index in [1.807, 2.05) is 6.92 Å². The highest BCUT2D eigenvalue weighted by atomic mass is 16.3. The molecule has 4 aliphatic carbocycles. The maximum atomic E-state index is 13.5. The molecule has 0 aromatic rings. The highest BCUT2D eigenvalue weighted by Gasteiger charge is 2.68. The van der Waals surface area contributed by atoms with Crippen LogP contribution in [0, 0.1) is 28.6 Å². The minimum absolute atomic E-state index is 0.0215. The third-order valence-electron chi connectivity index (χ3n) is 11.4. The maximum Gasteiger partial charge on any atom is 0.242 e. The summed E-state index contributed by atoms with van der Waals surface area (Å²) in [4.78, 5) is 62.9. The molecule has 220 valence electrons. The number of allylic oxidation sites excluding steroid dienone is 1. The zero-order valence-corrected chi connectivity index (χ0v) is 23.8. The summed E-state index contributed by atoms with van der Waals surface area (Å²) in [5, 5.41) is 28.8. The summed E-state index contributed by atoms with van der Waals surface area (Å²) in [5.41, 5.74) is -1.68. The van der Waals surface area contributed by atoms with Crippen molar-refractivity contribution in [1.29, 1.82) is 0 Å². The molecule has 1 heterocycles. The van der Waals surface area contributed by atoms with Crippen molar-refractivity contribution in [3.8, 4) is 0 Å². The number of hydrogen-bond acceptors (Lipinski definition) is 7. The Hall–Kier alpha value is -2.39. The van der Waals surface area contributed by atoms with E-state index in [4.69, 9.17) is 0 Å². The molecule has 0 radical (unpaired) electrons. The number of aliphatic hydroxyl groups is 2. The predicted octanol–water partition coefficient (Wildman–Crippen LogP) is 2.31. The Kier molecular flexibility index (Phi) is 7.85. The maximum absolute atomic E-state index is 13.5. The summed E-state index contributed by atoms with van der Waals surface area (Å²) in [5.74, 6) is -1.25. The van der Waals surface area contributed by atoms with Crippen molar-refractivity contribution in [3.63, 3.8) is 0 Å². The second-order valence-corrected chi connectivity index (χ2v) is 13.5. The predicted molar refractivity (Wildman–Crippen MR) is 146 cm³/mol. The molecule has 0 aromatic carbocycles. The molecule has 2 amide bonds. The second kappa shape index (κ2) is 10.8. The Morgan fingerprint density at radius 2 is 1.82 bits per heavy atom. The van der Waals surface area contributed by atoms with Gasteiger partial charge >= 0.3 is 0 Å². The number of carbonyl (C=O) groups is 5. The lowest BCUT2D eigenvalue weighted by Gasteiger charge is -2.60. The van der Waals surface area contributed by atoms with Gasteiger partial charge in [0.15, 0.2) is 11.6 Å². The molecule has 40 heavy (non-hydrogen) atoms. The number of ketones is 3. The highest BCUT2D eigenvalue weighted by molar-refractivity contribution is 6.04. The van der Waals surface area contributed by atoms with Gasteiger partial charge in [-0.25, -0.2) is 0 Å². The van der Waals surface area contributed by atoms with Crippen LogP contribution in [0.1, 0.15) is 97.3 Å². The van der Waals surface area contributed by atoms with E-state index in [2.05, 4.69) is 17.6 Å². The van der Waals surface area contributed by atoms with Gasteiger partial charge in [0, 0.05) is 31.2 Å². The summed E-state index contributed by atoms with van der Waals surface area (Å²) >= 11 is 0. The normalized spacial score (nSPS) is 41.0. The van der Waals surface area contributed by atoms with Crippen LogP contribution in [0.2, 0.25) is 0 Å². The van der Waals surface area contributed by atoms with Gasteiger partial charge in [-0.2, -0.15) is 0 Å². The third-order valence-corrected chi connectivity index (χ3v) is 11.4. The third kappa shape index (κ3) is 4.87. The van der Waals surface area contributed by atoms with Gasteiger partial charge in [-0.3, -0.25) is 24.0 Å². The van der Waals surface area contributed by atoms with Gasteiger partial charge in [0.05, 0.1) is 12.5 Å². The lowest BCUT2D eigenvalue weighted by Crippen LogP contribution is -2.61. The summed E-state index contributed by atoms with van der Waals surface area (Å²) in [6.07, 6.45) is 6.58. The molecular formula is C31H44N2O7. The molecule has 9 heteroatoms. The molecule has 0 bridgehead atoms. The van der Waals surface area contributed by atoms with Crippen molar-refractivity contribution in [2.24, 2.45) is 28.6 Å². The first-order chi connectivity index (χ1) is 18.9. The molecular weight excluding hydrogens is 512 g/mol. The van der Waals surface area contributed by atoms with Crippen molar-refractivity contribution < 1.29 is 34.2 Å². The molecule has 3 saturated carbocycles. The molecule has 1 aliphatic heterocycles. The average Bonchev–Trinajstić information content (AvgIpc) is 3.02. The largest absolute Gasteiger partial charge is 0.393 e. The van der Waals surface area contributed by atoms with Crippen molar-refractivity contribution in [3.05, 3.63) is 11.6 Å². The monoisotopic (exact) mass is 556 g/mol. The van der Waals surface area contributed by atoms with Gasteiger partial charge in [-0.1, -0.05) is 19.4 Å². The van der Waals surface area contributed by atoms with Crippen LogP contribution in [-0.4, -0.2) is 63.7 Å². The smallest absolute Gasteiger partial charge is 0.242 e. The fourth-order valence-corrected chi connectivity index (χ4v) is 9.16. The molecule has 0 spiro atoms. The summed E-state index contributed by atoms with van der Waals surface area (Å²) in [6.45, 7) is 4.65. The molecule has 5 rings (SSSR count). The summed E-state index contributed by atoms with van der Waals surface area (Å²) in [6, 6.07) is -0.605. The van der Waals surface area contributed by atoms with Crippen molar-refractivity contribution >= 4 is 29.2 Å². The molecule has 5 unspecified atom stereocenters.